The highest BCUT2D eigenvalue weighted by Crippen LogP contribution is 2.47. The Kier molecular flexibility index (Phi) is 14.0. The number of nitrogens with one attached hydrogen (secondary N) is 1. The summed E-state index contributed by atoms with van der Waals surface area (Å²) in [4.78, 5) is 46.4. The smallest absolute Gasteiger partial charge is 0.264 e. The zero-order valence-electron chi connectivity index (χ0n) is 32.4. The fourth-order valence-corrected chi connectivity index (χ4v) is 7.95. The Morgan fingerprint density at radius 1 is 0.982 bits per heavy atom. The molecule has 2 aliphatic rings. The first kappa shape index (κ1) is 41.8. The van der Waals surface area contributed by atoms with E-state index in [2.05, 4.69) is 21.2 Å². The molecule has 0 saturated carbocycles. The molecular weight excluding hydrogens is 788 g/mol. The van der Waals surface area contributed by atoms with Crippen molar-refractivity contribution >= 4 is 50.7 Å². The van der Waals surface area contributed by atoms with Crippen LogP contribution in [0.5, 0.6) is 5.75 Å². The number of hydrogen-bond acceptors (Lipinski definition) is 8. The molecule has 0 radical (unpaired) electrons. The summed E-state index contributed by atoms with van der Waals surface area (Å²) in [7, 11) is 0. The van der Waals surface area contributed by atoms with Gasteiger partial charge in [0, 0.05) is 47.8 Å². The molecule has 4 N–H and O–H groups in total. The summed E-state index contributed by atoms with van der Waals surface area (Å²) in [6.07, 6.45) is 5.34. The molecule has 3 atom stereocenters. The average Bonchev–Trinajstić information content (AvgIpc) is 3.42. The largest absolute Gasteiger partial charge is 0.494 e. The van der Waals surface area contributed by atoms with Crippen molar-refractivity contribution in [3.63, 3.8) is 0 Å². The minimum absolute atomic E-state index is 0.0427. The van der Waals surface area contributed by atoms with Crippen LogP contribution in [0, 0.1) is 5.92 Å². The number of hydrogen-bond donors (Lipinski definition) is 4. The number of nitrogens with zero attached hydrogens (tertiary/aromatic N) is 3. The number of benzene rings is 4. The van der Waals surface area contributed by atoms with E-state index < -0.39 is 23.5 Å². The third-order valence-corrected chi connectivity index (χ3v) is 11.1. The van der Waals surface area contributed by atoms with Crippen molar-refractivity contribution in [3.8, 4) is 5.75 Å². The summed E-state index contributed by atoms with van der Waals surface area (Å²) in [5, 5.41) is 34.5. The van der Waals surface area contributed by atoms with Gasteiger partial charge in [0.05, 0.1) is 37.2 Å². The van der Waals surface area contributed by atoms with Crippen molar-refractivity contribution in [1.29, 1.82) is 0 Å². The standard InChI is InChI=1S/C45H51BrN4O7/c1-3-57-37-19-21-40-34(26-37)27-39(47-22-7-8-24-51)43(54)50(40)36-17-14-33(15-18-36)30-49-41-20-16-35(46)28-38(41)45(56,44(49)55)31(2)10-9-13-42(53)48(23-25-52)29-32-11-5-4-6-12-32/h4-6,9-12,14-21,26,28,31,39,47,51-52,56H,3,7-8,13,22-25,27,29-30H2,1-2H3/b10-9+/t31-,39?,45+/m0/s1. The monoisotopic (exact) mass is 838 g/mol. The highest BCUT2D eigenvalue weighted by atomic mass is 79.9. The molecule has 300 valence electrons. The van der Waals surface area contributed by atoms with Gasteiger partial charge in [0.2, 0.25) is 11.8 Å². The van der Waals surface area contributed by atoms with Gasteiger partial charge in [-0.2, -0.15) is 0 Å². The van der Waals surface area contributed by atoms with E-state index in [1.54, 1.807) is 39.8 Å². The number of ether oxygens (including phenoxy) is 1. The summed E-state index contributed by atoms with van der Waals surface area (Å²) < 4.78 is 6.48. The fourth-order valence-electron chi connectivity index (χ4n) is 7.59. The molecular formula is C45H51BrN4O7. The number of unbranched alkanes of at least 4 members (excludes halogenated alkanes) is 1. The molecule has 12 heteroatoms. The maximum Gasteiger partial charge on any atom is 0.264 e. The van der Waals surface area contributed by atoms with Crippen molar-refractivity contribution in [3.05, 3.63) is 130 Å². The lowest BCUT2D eigenvalue weighted by molar-refractivity contribution is -0.139. The predicted octanol–water partition coefficient (Wildman–Crippen LogP) is 6.14. The average molecular weight is 840 g/mol. The van der Waals surface area contributed by atoms with Crippen LogP contribution in [-0.2, 0) is 39.5 Å². The Morgan fingerprint density at radius 2 is 1.74 bits per heavy atom. The minimum atomic E-state index is -1.89. The van der Waals surface area contributed by atoms with Crippen molar-refractivity contribution in [1.82, 2.24) is 10.2 Å². The van der Waals surface area contributed by atoms with E-state index in [-0.39, 0.29) is 44.5 Å². The lowest BCUT2D eigenvalue weighted by atomic mass is 9.83. The Morgan fingerprint density at radius 3 is 2.46 bits per heavy atom. The third-order valence-electron chi connectivity index (χ3n) is 10.6. The Hall–Kier alpha value is -4.85. The van der Waals surface area contributed by atoms with Crippen LogP contribution in [0.15, 0.2) is 108 Å². The minimum Gasteiger partial charge on any atom is -0.494 e. The van der Waals surface area contributed by atoms with Crippen LogP contribution >= 0.6 is 15.9 Å². The molecule has 0 saturated heterocycles. The Labute approximate surface area is 342 Å². The van der Waals surface area contributed by atoms with E-state index in [1.807, 2.05) is 91.9 Å². The molecule has 0 fully saturated rings. The molecule has 6 rings (SSSR count). The SMILES string of the molecule is CCOc1ccc2c(c1)CC(NCCCCO)C(=O)N2c1ccc(CN2C(=O)[C@@](O)([C@@H](C)/C=C/CC(=O)N(CCO)Cc3ccccc3)c3cc(Br)ccc32)cc1. The lowest BCUT2D eigenvalue weighted by Gasteiger charge is -2.35. The van der Waals surface area contributed by atoms with E-state index in [9.17, 15) is 29.7 Å². The van der Waals surface area contributed by atoms with E-state index in [0.29, 0.717) is 53.9 Å². The molecule has 4 aromatic carbocycles. The third kappa shape index (κ3) is 9.32. The van der Waals surface area contributed by atoms with Crippen LogP contribution in [0.2, 0.25) is 0 Å². The van der Waals surface area contributed by atoms with Gasteiger partial charge in [-0.15, -0.1) is 0 Å². The van der Waals surface area contributed by atoms with Crippen LogP contribution in [0.4, 0.5) is 17.1 Å². The molecule has 3 amide bonds. The van der Waals surface area contributed by atoms with Gasteiger partial charge in [-0.3, -0.25) is 19.3 Å². The van der Waals surface area contributed by atoms with E-state index in [1.165, 1.54) is 0 Å². The number of fused-ring (bicyclic) bond motifs is 2. The summed E-state index contributed by atoms with van der Waals surface area (Å²) in [6.45, 7) is 5.50. The fraction of sp³-hybridized carbons (Fsp3) is 0.356. The van der Waals surface area contributed by atoms with Gasteiger partial charge in [-0.25, -0.2) is 0 Å². The van der Waals surface area contributed by atoms with Gasteiger partial charge in [0.15, 0.2) is 5.60 Å². The zero-order valence-corrected chi connectivity index (χ0v) is 34.0. The number of aliphatic hydroxyl groups excluding tert-OH is 2. The molecule has 2 aliphatic heterocycles. The topological polar surface area (TPSA) is 143 Å². The zero-order chi connectivity index (χ0) is 40.5. The first-order valence-corrected chi connectivity index (χ1v) is 20.3. The number of aliphatic hydroxyl groups is 3. The first-order valence-electron chi connectivity index (χ1n) is 19.6. The molecule has 11 nitrogen and oxygen atoms in total. The van der Waals surface area contributed by atoms with Gasteiger partial charge in [0.25, 0.3) is 5.91 Å². The van der Waals surface area contributed by atoms with E-state index in [4.69, 9.17) is 4.74 Å². The second-order valence-corrected chi connectivity index (χ2v) is 15.4. The number of carbonyl (C=O) groups excluding carboxylic acids is 3. The number of amides is 3. The maximum absolute atomic E-state index is 14.3. The summed E-state index contributed by atoms with van der Waals surface area (Å²) >= 11 is 3.52. The molecule has 1 unspecified atom stereocenters. The van der Waals surface area contributed by atoms with Gasteiger partial charge in [-0.1, -0.05) is 77.5 Å². The first-order chi connectivity index (χ1) is 27.6. The molecule has 57 heavy (non-hydrogen) atoms. The molecule has 4 aromatic rings. The van der Waals surface area contributed by atoms with Crippen molar-refractivity contribution in [2.75, 3.05) is 42.7 Å². The highest BCUT2D eigenvalue weighted by Gasteiger charge is 2.52. The number of halogens is 1. The molecule has 2 heterocycles. The quantitative estimate of drug-likeness (QED) is 0.0693. The van der Waals surface area contributed by atoms with Crippen LogP contribution in [0.1, 0.15) is 55.4 Å². The van der Waals surface area contributed by atoms with Crippen LogP contribution < -0.4 is 19.9 Å². The summed E-state index contributed by atoms with van der Waals surface area (Å²) in [5.74, 6) is -0.677. The Bertz CT molecular complexity index is 2060. The molecule has 0 bridgehead atoms. The van der Waals surface area contributed by atoms with Crippen LogP contribution in [-0.4, -0.2) is 76.9 Å². The second-order valence-electron chi connectivity index (χ2n) is 14.5. The van der Waals surface area contributed by atoms with Crippen molar-refractivity contribution in [2.24, 2.45) is 5.92 Å². The van der Waals surface area contributed by atoms with Gasteiger partial charge in [0.1, 0.15) is 5.75 Å². The summed E-state index contributed by atoms with van der Waals surface area (Å²) in [5.41, 5.74) is 3.36. The summed E-state index contributed by atoms with van der Waals surface area (Å²) in [6, 6.07) is 27.8. The van der Waals surface area contributed by atoms with Crippen LogP contribution in [0.25, 0.3) is 0 Å². The molecule has 0 spiro atoms. The number of carbonyl (C=O) groups is 3. The van der Waals surface area contributed by atoms with E-state index >= 15 is 0 Å². The molecule has 0 aromatic heterocycles. The van der Waals surface area contributed by atoms with Gasteiger partial charge < -0.3 is 35.2 Å². The van der Waals surface area contributed by atoms with E-state index in [0.717, 1.165) is 34.5 Å². The predicted molar refractivity (Wildman–Crippen MR) is 224 cm³/mol. The lowest BCUT2D eigenvalue weighted by Crippen LogP contribution is -2.49. The normalized spacial score (nSPS) is 18.2. The van der Waals surface area contributed by atoms with Crippen molar-refractivity contribution < 1.29 is 34.4 Å². The van der Waals surface area contributed by atoms with Gasteiger partial charge in [-0.05, 0) is 98.0 Å². The van der Waals surface area contributed by atoms with Crippen LogP contribution in [0.3, 0.4) is 0 Å². The second kappa shape index (κ2) is 19.1. The number of anilines is 3. The highest BCUT2D eigenvalue weighted by molar-refractivity contribution is 9.10. The molecule has 0 aliphatic carbocycles. The number of rotatable bonds is 18. The maximum atomic E-state index is 14.3. The Balaban J connectivity index is 1.20. The van der Waals surface area contributed by atoms with Crippen molar-refractivity contribution in [2.45, 2.75) is 64.3 Å². The van der Waals surface area contributed by atoms with Gasteiger partial charge >= 0.3 is 0 Å².